The third-order valence-electron chi connectivity index (χ3n) is 3.82. The topological polar surface area (TPSA) is 46.6 Å². The van der Waals surface area contributed by atoms with E-state index in [1.807, 2.05) is 24.3 Å². The van der Waals surface area contributed by atoms with Gasteiger partial charge in [0.1, 0.15) is 9.96 Å². The largest absolute Gasteiger partial charge is 0.497 e. The lowest BCUT2D eigenvalue weighted by atomic mass is 10.1. The highest BCUT2D eigenvalue weighted by atomic mass is 35.5. The van der Waals surface area contributed by atoms with Crippen molar-refractivity contribution in [3.63, 3.8) is 0 Å². The Morgan fingerprint density at radius 2 is 1.95 bits per heavy atom. The zero-order valence-electron chi connectivity index (χ0n) is 12.0. The Hall–Kier alpha value is -1.08. The standard InChI is InChI=1S/C15H16ClNO3S2/c1-20-12-6-4-11(5-7-12)13-3-2-10-17(13)22(18,19)15-9-8-14(16)21-15/h4-9,13H,2-3,10H2,1H3. The van der Waals surface area contributed by atoms with Gasteiger partial charge >= 0.3 is 0 Å². The first-order chi connectivity index (χ1) is 10.5. The molecular formula is C15H16ClNO3S2. The molecule has 0 N–H and O–H groups in total. The van der Waals surface area contributed by atoms with Crippen molar-refractivity contribution in [1.29, 1.82) is 0 Å². The first-order valence-electron chi connectivity index (χ1n) is 6.93. The fraction of sp³-hybridized carbons (Fsp3) is 0.333. The van der Waals surface area contributed by atoms with Crippen molar-refractivity contribution >= 4 is 33.0 Å². The normalized spacial score (nSPS) is 19.5. The quantitative estimate of drug-likeness (QED) is 0.832. The summed E-state index contributed by atoms with van der Waals surface area (Å²) in [5.74, 6) is 0.765. The van der Waals surface area contributed by atoms with Gasteiger partial charge in [0.2, 0.25) is 0 Å². The second-order valence-corrected chi connectivity index (χ2v) is 8.94. The minimum absolute atomic E-state index is 0.128. The van der Waals surface area contributed by atoms with Gasteiger partial charge in [-0.1, -0.05) is 23.7 Å². The van der Waals surface area contributed by atoms with E-state index in [-0.39, 0.29) is 6.04 Å². The monoisotopic (exact) mass is 357 g/mol. The molecule has 1 aromatic heterocycles. The van der Waals surface area contributed by atoms with E-state index in [1.165, 1.54) is 0 Å². The van der Waals surface area contributed by atoms with Crippen LogP contribution in [0.1, 0.15) is 24.4 Å². The summed E-state index contributed by atoms with van der Waals surface area (Å²) >= 11 is 6.98. The second kappa shape index (κ2) is 6.20. The number of methoxy groups -OCH3 is 1. The van der Waals surface area contributed by atoms with E-state index in [9.17, 15) is 8.42 Å². The van der Waals surface area contributed by atoms with Crippen molar-refractivity contribution in [2.75, 3.05) is 13.7 Å². The zero-order valence-corrected chi connectivity index (χ0v) is 14.4. The van der Waals surface area contributed by atoms with Crippen molar-refractivity contribution < 1.29 is 13.2 Å². The fourth-order valence-corrected chi connectivity index (χ4v) is 6.03. The third-order valence-corrected chi connectivity index (χ3v) is 7.42. The molecule has 22 heavy (non-hydrogen) atoms. The molecule has 0 amide bonds. The maximum absolute atomic E-state index is 12.8. The molecule has 0 saturated carbocycles. The first kappa shape index (κ1) is 15.8. The molecule has 1 unspecified atom stereocenters. The van der Waals surface area contributed by atoms with Gasteiger partial charge in [0.05, 0.1) is 17.5 Å². The van der Waals surface area contributed by atoms with Gasteiger partial charge in [0, 0.05) is 6.54 Å². The Morgan fingerprint density at radius 3 is 2.55 bits per heavy atom. The number of thiophene rings is 1. The summed E-state index contributed by atoms with van der Waals surface area (Å²) in [5.41, 5.74) is 0.990. The van der Waals surface area contributed by atoms with Gasteiger partial charge in [0.15, 0.2) is 0 Å². The molecule has 1 fully saturated rings. The maximum Gasteiger partial charge on any atom is 0.253 e. The number of benzene rings is 1. The lowest BCUT2D eigenvalue weighted by molar-refractivity contribution is 0.395. The third kappa shape index (κ3) is 2.88. The van der Waals surface area contributed by atoms with Gasteiger partial charge in [0.25, 0.3) is 10.0 Å². The minimum atomic E-state index is -3.49. The highest BCUT2D eigenvalue weighted by Gasteiger charge is 2.36. The molecule has 1 saturated heterocycles. The Morgan fingerprint density at radius 1 is 1.23 bits per heavy atom. The molecule has 3 rings (SSSR count). The number of hydrogen-bond donors (Lipinski definition) is 0. The molecule has 1 aromatic carbocycles. The number of rotatable bonds is 4. The van der Waals surface area contributed by atoms with E-state index >= 15 is 0 Å². The average molecular weight is 358 g/mol. The predicted octanol–water partition coefficient (Wildman–Crippen LogP) is 3.94. The molecular weight excluding hydrogens is 342 g/mol. The molecule has 2 heterocycles. The first-order valence-corrected chi connectivity index (χ1v) is 9.57. The number of sulfonamides is 1. The maximum atomic E-state index is 12.8. The van der Waals surface area contributed by atoms with E-state index in [2.05, 4.69) is 0 Å². The van der Waals surface area contributed by atoms with Crippen molar-refractivity contribution in [3.05, 3.63) is 46.3 Å². The smallest absolute Gasteiger partial charge is 0.253 e. The van der Waals surface area contributed by atoms with Gasteiger partial charge in [-0.3, -0.25) is 0 Å². The van der Waals surface area contributed by atoms with Crippen LogP contribution in [0.5, 0.6) is 5.75 Å². The van der Waals surface area contributed by atoms with Crippen molar-refractivity contribution in [3.8, 4) is 5.75 Å². The van der Waals surface area contributed by atoms with Crippen molar-refractivity contribution in [2.24, 2.45) is 0 Å². The molecule has 4 nitrogen and oxygen atoms in total. The molecule has 118 valence electrons. The van der Waals surface area contributed by atoms with Crippen LogP contribution in [0.15, 0.2) is 40.6 Å². The highest BCUT2D eigenvalue weighted by Crippen LogP contribution is 2.39. The predicted molar refractivity (Wildman–Crippen MR) is 88.2 cm³/mol. The lowest BCUT2D eigenvalue weighted by Gasteiger charge is -2.23. The summed E-state index contributed by atoms with van der Waals surface area (Å²) in [5, 5.41) is 0. The molecule has 7 heteroatoms. The molecule has 1 atom stereocenters. The summed E-state index contributed by atoms with van der Waals surface area (Å²) in [6.45, 7) is 0.536. The summed E-state index contributed by atoms with van der Waals surface area (Å²) in [4.78, 5) is 0. The number of nitrogens with zero attached hydrogens (tertiary/aromatic N) is 1. The SMILES string of the molecule is COc1ccc(C2CCCN2S(=O)(=O)c2ccc(Cl)s2)cc1. The Kier molecular flexibility index (Phi) is 4.45. The number of ether oxygens (including phenoxy) is 1. The molecule has 0 radical (unpaired) electrons. The summed E-state index contributed by atoms with van der Waals surface area (Å²) in [6, 6.07) is 10.7. The van der Waals surface area contributed by atoms with E-state index in [1.54, 1.807) is 23.5 Å². The number of halogens is 1. The van der Waals surface area contributed by atoms with Gasteiger partial charge < -0.3 is 4.74 Å². The van der Waals surface area contributed by atoms with Crippen LogP contribution in [0.25, 0.3) is 0 Å². The van der Waals surface area contributed by atoms with Crippen LogP contribution in [0.2, 0.25) is 4.34 Å². The van der Waals surface area contributed by atoms with Crippen molar-refractivity contribution in [2.45, 2.75) is 23.1 Å². The van der Waals surface area contributed by atoms with Crippen LogP contribution in [-0.4, -0.2) is 26.4 Å². The molecule has 0 aliphatic carbocycles. The minimum Gasteiger partial charge on any atom is -0.497 e. The van der Waals surface area contributed by atoms with E-state index in [0.29, 0.717) is 15.1 Å². The summed E-state index contributed by atoms with van der Waals surface area (Å²) in [6.07, 6.45) is 1.68. The van der Waals surface area contributed by atoms with Gasteiger partial charge in [-0.15, -0.1) is 11.3 Å². The van der Waals surface area contributed by atoms with Crippen LogP contribution >= 0.6 is 22.9 Å². The molecule has 0 spiro atoms. The molecule has 2 aromatic rings. The van der Waals surface area contributed by atoms with Crippen LogP contribution < -0.4 is 4.74 Å². The fourth-order valence-electron chi connectivity index (χ4n) is 2.74. The van der Waals surface area contributed by atoms with E-state index in [0.717, 1.165) is 35.5 Å². The summed E-state index contributed by atoms with van der Waals surface area (Å²) in [7, 11) is -1.88. The van der Waals surface area contributed by atoms with E-state index < -0.39 is 10.0 Å². The van der Waals surface area contributed by atoms with Gasteiger partial charge in [-0.25, -0.2) is 8.42 Å². The van der Waals surface area contributed by atoms with Crippen molar-refractivity contribution in [1.82, 2.24) is 4.31 Å². The lowest BCUT2D eigenvalue weighted by Crippen LogP contribution is -2.30. The van der Waals surface area contributed by atoms with Crippen LogP contribution in [0.3, 0.4) is 0 Å². The zero-order chi connectivity index (χ0) is 15.7. The van der Waals surface area contributed by atoms with Crippen LogP contribution in [0.4, 0.5) is 0 Å². The molecule has 1 aliphatic heterocycles. The van der Waals surface area contributed by atoms with Crippen LogP contribution in [-0.2, 0) is 10.0 Å². The Balaban J connectivity index is 1.92. The van der Waals surface area contributed by atoms with E-state index in [4.69, 9.17) is 16.3 Å². The second-order valence-electron chi connectivity index (χ2n) is 5.11. The molecule has 1 aliphatic rings. The summed E-state index contributed by atoms with van der Waals surface area (Å²) < 4.78 is 33.1. The van der Waals surface area contributed by atoms with Crippen LogP contribution in [0, 0.1) is 0 Å². The highest BCUT2D eigenvalue weighted by molar-refractivity contribution is 7.91. The Labute approximate surface area is 139 Å². The average Bonchev–Trinajstić information content (AvgIpc) is 3.16. The Bertz CT molecular complexity index is 755. The van der Waals surface area contributed by atoms with Gasteiger partial charge in [-0.2, -0.15) is 4.31 Å². The molecule has 0 bridgehead atoms. The number of hydrogen-bond acceptors (Lipinski definition) is 4. The van der Waals surface area contributed by atoms with Gasteiger partial charge in [-0.05, 0) is 42.7 Å².